The Morgan fingerprint density at radius 2 is 0.828 bits per heavy atom. The minimum Gasteiger partial charge on any atom is -0.507 e. The van der Waals surface area contributed by atoms with Crippen LogP contribution in [0.15, 0.2) is 42.5 Å². The molecule has 1 atom stereocenters. The van der Waals surface area contributed by atoms with Crippen LogP contribution in [-0.2, 0) is 54.9 Å². The van der Waals surface area contributed by atoms with Gasteiger partial charge in [0.2, 0.25) is 11.8 Å². The number of halogens is 1. The van der Waals surface area contributed by atoms with Gasteiger partial charge >= 0.3 is 0 Å². The van der Waals surface area contributed by atoms with Gasteiger partial charge in [0, 0.05) is 18.4 Å². The molecule has 0 saturated heterocycles. The fourth-order valence-corrected chi connectivity index (χ4v) is 6.79. The molecule has 4 N–H and O–H groups in total. The van der Waals surface area contributed by atoms with Crippen molar-refractivity contribution < 1.29 is 24.3 Å². The van der Waals surface area contributed by atoms with Crippen molar-refractivity contribution in [1.29, 1.82) is 0 Å². The highest BCUT2D eigenvalue weighted by molar-refractivity contribution is 14.0. The number of hydrogen-bond acceptors (Lipinski definition) is 5. The molecule has 0 radical (unpaired) electrons. The summed E-state index contributed by atoms with van der Waals surface area (Å²) < 4.78 is 5.36. The largest absolute Gasteiger partial charge is 0.507 e. The number of rotatable bonds is 9. The Labute approximate surface area is 372 Å². The first-order valence-corrected chi connectivity index (χ1v) is 20.9. The molecule has 0 heterocycles. The first-order valence-electron chi connectivity index (χ1n) is 20.5. The van der Waals surface area contributed by atoms with Crippen LogP contribution < -0.4 is 15.2 Å². The van der Waals surface area contributed by atoms with Crippen LogP contribution in [0.1, 0.15) is 182 Å². The molecule has 1 unspecified atom stereocenters. The van der Waals surface area contributed by atoms with E-state index in [-0.39, 0.29) is 87.8 Å². The third-order valence-corrected chi connectivity index (χ3v) is 10.5. The number of amides is 2. The summed E-state index contributed by atoms with van der Waals surface area (Å²) in [6, 6.07) is 14.5. The van der Waals surface area contributed by atoms with Gasteiger partial charge in [-0.1, -0.05) is 161 Å². The fourth-order valence-electron chi connectivity index (χ4n) is 6.58. The minimum atomic E-state index is -0.227. The average molecular weight is 933 g/mol. The van der Waals surface area contributed by atoms with Crippen molar-refractivity contribution in [2.45, 2.75) is 183 Å². The van der Waals surface area contributed by atoms with Gasteiger partial charge in [-0.05, 0) is 90.3 Å². The molecule has 0 aromatic heterocycles. The van der Waals surface area contributed by atoms with Gasteiger partial charge in [0.05, 0.1) is 16.1 Å². The fraction of sp³-hybridized carbons (Fsp3) is 0.592. The molecule has 0 aliphatic rings. The lowest BCUT2D eigenvalue weighted by Crippen LogP contribution is -2.37. The van der Waals surface area contributed by atoms with Crippen LogP contribution >= 0.6 is 33.4 Å². The molecule has 0 spiro atoms. The predicted octanol–water partition coefficient (Wildman–Crippen LogP) is 12.1. The Balaban J connectivity index is 0.000000827. The Morgan fingerprint density at radius 1 is 0.517 bits per heavy atom. The summed E-state index contributed by atoms with van der Waals surface area (Å²) in [5.74, 6) is 1.33. The summed E-state index contributed by atoms with van der Waals surface area (Å²) in [5, 5.41) is 27.4. The van der Waals surface area contributed by atoms with Crippen LogP contribution in [0.4, 0.5) is 0 Å². The molecular weight excluding hydrogens is 854 g/mol. The maximum absolute atomic E-state index is 12.6. The second kappa shape index (κ2) is 20.1. The quantitative estimate of drug-likeness (QED) is 0.0971. The summed E-state index contributed by atoms with van der Waals surface area (Å²) >= 11 is 0. The molecule has 3 aromatic rings. The zero-order valence-electron chi connectivity index (χ0n) is 39.2. The van der Waals surface area contributed by atoms with E-state index >= 15 is 0 Å². The number of phenolic OH excluding ortho intramolecular Hbond substituents is 2. The maximum atomic E-state index is 12.6. The van der Waals surface area contributed by atoms with Gasteiger partial charge in [0.25, 0.3) is 0 Å². The summed E-state index contributed by atoms with van der Waals surface area (Å²) in [6.45, 7) is 38.3. The van der Waals surface area contributed by atoms with Crippen molar-refractivity contribution >= 4 is 45.3 Å². The average Bonchev–Trinajstić information content (AvgIpc) is 3.04. The number of benzene rings is 3. The molecule has 0 aliphatic carbocycles. The lowest BCUT2D eigenvalue weighted by atomic mass is 9.78. The van der Waals surface area contributed by atoms with Crippen molar-refractivity contribution in [2.24, 2.45) is 0 Å². The van der Waals surface area contributed by atoms with E-state index in [2.05, 4.69) is 163 Å². The molecule has 3 aromatic carbocycles. The third kappa shape index (κ3) is 15.6. The normalized spacial score (nSPS) is 12.5. The van der Waals surface area contributed by atoms with E-state index < -0.39 is 0 Å². The van der Waals surface area contributed by atoms with E-state index in [1.807, 2.05) is 24.3 Å². The number of nitrogens with one attached hydrogen (secondary N) is 2. The van der Waals surface area contributed by atoms with Crippen molar-refractivity contribution in [3.8, 4) is 17.2 Å². The molecule has 3 rings (SSSR count). The number of phenols is 2. The SMILES string of the molecule is CC(C)(C)c1cc(CCC(=O)NCNC(=O)CCc2cc(C(C)(C)C)c(O)c(C(C)(C)C)c2)cc(C(C)(C)C)c1O.CC(C)(C)c1ccc(OP)c(C(C)(C)C)c1.I. The molecule has 326 valence electrons. The maximum Gasteiger partial charge on any atom is 0.221 e. The first kappa shape index (κ1) is 53.2. The van der Waals surface area contributed by atoms with Crippen LogP contribution in [0, 0.1) is 0 Å². The van der Waals surface area contributed by atoms with E-state index in [0.29, 0.717) is 24.3 Å². The number of aromatic hydroxyl groups is 2. The molecular formula is C49H78IN2O5P. The van der Waals surface area contributed by atoms with Gasteiger partial charge in [-0.25, -0.2) is 0 Å². The molecule has 0 saturated carbocycles. The van der Waals surface area contributed by atoms with Crippen LogP contribution in [0.2, 0.25) is 0 Å². The Bertz CT molecular complexity index is 1690. The monoisotopic (exact) mass is 932 g/mol. The first-order chi connectivity index (χ1) is 25.7. The topological polar surface area (TPSA) is 108 Å². The van der Waals surface area contributed by atoms with E-state index in [4.69, 9.17) is 4.52 Å². The van der Waals surface area contributed by atoms with E-state index in [0.717, 1.165) is 39.1 Å². The van der Waals surface area contributed by atoms with Gasteiger partial charge in [-0.3, -0.25) is 9.59 Å². The lowest BCUT2D eigenvalue weighted by molar-refractivity contribution is -0.122. The van der Waals surface area contributed by atoms with Crippen LogP contribution in [-0.4, -0.2) is 28.7 Å². The lowest BCUT2D eigenvalue weighted by Gasteiger charge is -2.28. The Kier molecular flexibility index (Phi) is 18.5. The van der Waals surface area contributed by atoms with Crippen molar-refractivity contribution in [2.75, 3.05) is 6.67 Å². The molecule has 58 heavy (non-hydrogen) atoms. The van der Waals surface area contributed by atoms with Crippen LogP contribution in [0.5, 0.6) is 17.2 Å². The standard InChI is InChI=1S/C35H54N2O4.C14H23OP.HI/c1-32(2,3)24-17-22(18-25(30(24)40)33(4,5)6)13-15-28(38)36-21-37-29(39)16-14-23-19-26(34(7,8)9)31(41)27(20-23)35(10,11)12;1-13(2,3)10-7-8-12(15-16)11(9-10)14(4,5)6;/h17-20,40-41H,13-16,21H2,1-12H3,(H,36,38)(H,37,39);7-9H,16H2,1-6H3;1H. The van der Waals surface area contributed by atoms with Crippen molar-refractivity contribution in [1.82, 2.24) is 10.6 Å². The molecule has 9 heteroatoms. The third-order valence-electron chi connectivity index (χ3n) is 10.2. The zero-order valence-corrected chi connectivity index (χ0v) is 42.7. The minimum absolute atomic E-state index is 0. The van der Waals surface area contributed by atoms with E-state index in [1.54, 1.807) is 0 Å². The van der Waals surface area contributed by atoms with Gasteiger partial charge in [0.15, 0.2) is 0 Å². The van der Waals surface area contributed by atoms with Gasteiger partial charge < -0.3 is 25.4 Å². The second-order valence-corrected chi connectivity index (χ2v) is 22.0. The van der Waals surface area contributed by atoms with Crippen molar-refractivity contribution in [3.63, 3.8) is 0 Å². The number of hydrogen-bond donors (Lipinski definition) is 4. The number of carbonyl (C=O) groups is 2. The highest BCUT2D eigenvalue weighted by Gasteiger charge is 2.28. The smallest absolute Gasteiger partial charge is 0.221 e. The molecule has 0 bridgehead atoms. The molecule has 7 nitrogen and oxygen atoms in total. The van der Waals surface area contributed by atoms with E-state index in [1.165, 1.54) is 11.1 Å². The molecule has 0 fully saturated rings. The summed E-state index contributed by atoms with van der Waals surface area (Å²) in [5.41, 5.74) is 7.53. The van der Waals surface area contributed by atoms with Gasteiger partial charge in [-0.15, -0.1) is 24.0 Å². The number of aryl methyl sites for hydroxylation is 2. The van der Waals surface area contributed by atoms with Crippen LogP contribution in [0.25, 0.3) is 0 Å². The van der Waals surface area contributed by atoms with Crippen molar-refractivity contribution in [3.05, 3.63) is 87.0 Å². The predicted molar refractivity (Wildman–Crippen MR) is 258 cm³/mol. The summed E-state index contributed by atoms with van der Waals surface area (Å²) in [4.78, 5) is 25.1. The van der Waals surface area contributed by atoms with Gasteiger partial charge in [-0.2, -0.15) is 0 Å². The number of carbonyl (C=O) groups excluding carboxylic acids is 2. The van der Waals surface area contributed by atoms with Crippen LogP contribution in [0.3, 0.4) is 0 Å². The van der Waals surface area contributed by atoms with E-state index in [9.17, 15) is 19.8 Å². The highest BCUT2D eigenvalue weighted by Crippen LogP contribution is 2.42. The summed E-state index contributed by atoms with van der Waals surface area (Å²) in [7, 11) is 2.33. The Hall–Kier alpha value is -2.84. The second-order valence-electron chi connectivity index (χ2n) is 21.8. The summed E-state index contributed by atoms with van der Waals surface area (Å²) in [6.07, 6.45) is 1.65. The highest BCUT2D eigenvalue weighted by atomic mass is 127. The zero-order chi connectivity index (χ0) is 44.1. The van der Waals surface area contributed by atoms with Gasteiger partial charge in [0.1, 0.15) is 17.2 Å². The molecule has 2 amide bonds. The molecule has 0 aliphatic heterocycles. The Morgan fingerprint density at radius 3 is 1.09 bits per heavy atom.